The summed E-state index contributed by atoms with van der Waals surface area (Å²) in [6.45, 7) is 1.37. The van der Waals surface area contributed by atoms with E-state index in [1.807, 2.05) is 24.3 Å². The molecule has 0 amide bonds. The molecule has 0 spiro atoms. The molecule has 2 aromatic carbocycles. The number of hydrogen-bond donors (Lipinski definition) is 1. The predicted octanol–water partition coefficient (Wildman–Crippen LogP) is 3.88. The zero-order chi connectivity index (χ0) is 20.8. The van der Waals surface area contributed by atoms with E-state index in [0.29, 0.717) is 12.6 Å². The lowest BCUT2D eigenvalue weighted by Crippen LogP contribution is -2.40. The molecular weight excluding hydrogens is 370 g/mol. The van der Waals surface area contributed by atoms with E-state index < -0.39 is 4.92 Å². The molecule has 29 heavy (non-hydrogen) atoms. The smallest absolute Gasteiger partial charge is 0.311 e. The van der Waals surface area contributed by atoms with Crippen LogP contribution in [0.25, 0.3) is 0 Å². The Morgan fingerprint density at radius 2 is 1.72 bits per heavy atom. The summed E-state index contributed by atoms with van der Waals surface area (Å²) in [7, 11) is 3.11. The Morgan fingerprint density at radius 3 is 2.34 bits per heavy atom. The maximum atomic E-state index is 11.4. The lowest BCUT2D eigenvalue weighted by molar-refractivity contribution is -0.385. The van der Waals surface area contributed by atoms with Crippen LogP contribution in [0.4, 0.5) is 5.69 Å². The predicted molar refractivity (Wildman–Crippen MR) is 112 cm³/mol. The van der Waals surface area contributed by atoms with Crippen molar-refractivity contribution in [1.29, 1.82) is 0 Å². The van der Waals surface area contributed by atoms with Gasteiger partial charge in [0.15, 0.2) is 5.75 Å². The third kappa shape index (κ3) is 5.46. The summed E-state index contributed by atoms with van der Waals surface area (Å²) in [5.74, 6) is 1.11. The molecule has 0 aromatic heterocycles. The van der Waals surface area contributed by atoms with Crippen LogP contribution in [0.5, 0.6) is 11.5 Å². The molecule has 3 rings (SSSR count). The number of rotatable bonds is 8. The molecular formula is C22H29N3O4. The number of nitro benzene ring substituents is 1. The molecule has 2 N–H and O–H groups in total. The van der Waals surface area contributed by atoms with Crippen LogP contribution >= 0.6 is 0 Å². The Labute approximate surface area is 171 Å². The first-order chi connectivity index (χ1) is 14.0. The van der Waals surface area contributed by atoms with Crippen LogP contribution in [0.2, 0.25) is 0 Å². The fourth-order valence-electron chi connectivity index (χ4n) is 4.00. The summed E-state index contributed by atoms with van der Waals surface area (Å²) in [5, 5.41) is 11.4. The number of nitro groups is 1. The largest absolute Gasteiger partial charge is 0.497 e. The second kappa shape index (κ2) is 9.71. The molecule has 0 heterocycles. The maximum absolute atomic E-state index is 11.4. The van der Waals surface area contributed by atoms with E-state index in [1.165, 1.54) is 7.11 Å². The van der Waals surface area contributed by atoms with Gasteiger partial charge in [-0.15, -0.1) is 0 Å². The highest BCUT2D eigenvalue weighted by Crippen LogP contribution is 2.30. The van der Waals surface area contributed by atoms with Crippen LogP contribution in [0.15, 0.2) is 42.5 Å². The van der Waals surface area contributed by atoms with Crippen molar-refractivity contribution in [2.75, 3.05) is 14.2 Å². The second-order valence-corrected chi connectivity index (χ2v) is 7.59. The Bertz CT molecular complexity index is 835. The van der Waals surface area contributed by atoms with Crippen LogP contribution < -0.4 is 15.2 Å². The van der Waals surface area contributed by atoms with E-state index in [-0.39, 0.29) is 17.5 Å². The standard InChI is InChI=1S/C22H29N3O4/c1-28-20-5-3-4-16(12-20)14-24(19-9-7-18(23)8-10-19)15-17-6-11-22(29-2)21(13-17)25(26)27/h3-6,11-13,18-19H,7-10,14-15,23H2,1-2H3. The second-order valence-electron chi connectivity index (χ2n) is 7.59. The van der Waals surface area contributed by atoms with Gasteiger partial charge in [-0.3, -0.25) is 15.0 Å². The SMILES string of the molecule is COc1cccc(CN(Cc2ccc(OC)c([N+](=O)[O-])c2)C2CCC(N)CC2)c1. The lowest BCUT2D eigenvalue weighted by atomic mass is 9.90. The van der Waals surface area contributed by atoms with E-state index in [1.54, 1.807) is 19.2 Å². The molecule has 1 aliphatic rings. The third-order valence-electron chi connectivity index (χ3n) is 5.60. The Balaban J connectivity index is 1.84. The van der Waals surface area contributed by atoms with E-state index in [9.17, 15) is 10.1 Å². The van der Waals surface area contributed by atoms with E-state index >= 15 is 0 Å². The molecule has 0 bridgehead atoms. The summed E-state index contributed by atoms with van der Waals surface area (Å²) in [6.07, 6.45) is 4.07. The van der Waals surface area contributed by atoms with Crippen LogP contribution in [-0.2, 0) is 13.1 Å². The molecule has 0 radical (unpaired) electrons. The topological polar surface area (TPSA) is 90.9 Å². The zero-order valence-electron chi connectivity index (χ0n) is 17.0. The van der Waals surface area contributed by atoms with Crippen LogP contribution in [-0.4, -0.2) is 36.1 Å². The van der Waals surface area contributed by atoms with Gasteiger partial charge >= 0.3 is 5.69 Å². The summed E-state index contributed by atoms with van der Waals surface area (Å²) >= 11 is 0. The number of methoxy groups -OCH3 is 2. The van der Waals surface area contributed by atoms with Gasteiger partial charge < -0.3 is 15.2 Å². The molecule has 1 saturated carbocycles. The molecule has 0 aliphatic heterocycles. The summed E-state index contributed by atoms with van der Waals surface area (Å²) in [5.41, 5.74) is 8.15. The average molecular weight is 399 g/mol. The lowest BCUT2D eigenvalue weighted by Gasteiger charge is -2.36. The van der Waals surface area contributed by atoms with Gasteiger partial charge in [0, 0.05) is 31.2 Å². The highest BCUT2D eigenvalue weighted by Gasteiger charge is 2.25. The molecule has 7 nitrogen and oxygen atoms in total. The van der Waals surface area contributed by atoms with Gasteiger partial charge in [-0.25, -0.2) is 0 Å². The molecule has 0 unspecified atom stereocenters. The minimum absolute atomic E-state index is 0.00278. The fourth-order valence-corrected chi connectivity index (χ4v) is 4.00. The fraction of sp³-hybridized carbons (Fsp3) is 0.455. The first-order valence-corrected chi connectivity index (χ1v) is 9.94. The van der Waals surface area contributed by atoms with Gasteiger partial charge in [0.1, 0.15) is 5.75 Å². The highest BCUT2D eigenvalue weighted by atomic mass is 16.6. The van der Waals surface area contributed by atoms with Crippen LogP contribution in [0.3, 0.4) is 0 Å². The van der Waals surface area contributed by atoms with Crippen LogP contribution in [0.1, 0.15) is 36.8 Å². The minimum atomic E-state index is -0.394. The van der Waals surface area contributed by atoms with Gasteiger partial charge in [0.25, 0.3) is 0 Å². The minimum Gasteiger partial charge on any atom is -0.497 e. The van der Waals surface area contributed by atoms with Gasteiger partial charge in [-0.05, 0) is 55.0 Å². The number of nitrogens with zero attached hydrogens (tertiary/aromatic N) is 2. The Hall–Kier alpha value is -2.64. The zero-order valence-corrected chi connectivity index (χ0v) is 17.0. The Kier molecular flexibility index (Phi) is 7.06. The first-order valence-electron chi connectivity index (χ1n) is 9.94. The van der Waals surface area contributed by atoms with Crippen LogP contribution in [0, 0.1) is 10.1 Å². The molecule has 2 aromatic rings. The molecule has 7 heteroatoms. The molecule has 1 aliphatic carbocycles. The molecule has 1 fully saturated rings. The van der Waals surface area contributed by atoms with Crippen molar-refractivity contribution in [3.8, 4) is 11.5 Å². The molecule has 156 valence electrons. The van der Waals surface area contributed by atoms with Crippen molar-refractivity contribution < 1.29 is 14.4 Å². The maximum Gasteiger partial charge on any atom is 0.311 e. The van der Waals surface area contributed by atoms with Gasteiger partial charge in [-0.1, -0.05) is 18.2 Å². The molecule has 0 atom stereocenters. The third-order valence-corrected chi connectivity index (χ3v) is 5.60. The van der Waals surface area contributed by atoms with Crippen molar-refractivity contribution >= 4 is 5.69 Å². The summed E-state index contributed by atoms with van der Waals surface area (Å²) in [6, 6.07) is 13.9. The van der Waals surface area contributed by atoms with Gasteiger partial charge in [0.2, 0.25) is 0 Å². The highest BCUT2D eigenvalue weighted by molar-refractivity contribution is 5.48. The summed E-state index contributed by atoms with van der Waals surface area (Å²) < 4.78 is 10.5. The summed E-state index contributed by atoms with van der Waals surface area (Å²) in [4.78, 5) is 13.4. The average Bonchev–Trinajstić information content (AvgIpc) is 2.74. The van der Waals surface area contributed by atoms with Gasteiger partial charge in [0.05, 0.1) is 19.1 Å². The van der Waals surface area contributed by atoms with E-state index in [0.717, 1.165) is 49.1 Å². The monoisotopic (exact) mass is 399 g/mol. The quantitative estimate of drug-likeness (QED) is 0.535. The van der Waals surface area contributed by atoms with E-state index in [2.05, 4.69) is 11.0 Å². The van der Waals surface area contributed by atoms with Crippen molar-refractivity contribution in [3.05, 3.63) is 63.7 Å². The number of ether oxygens (including phenoxy) is 2. The number of hydrogen-bond acceptors (Lipinski definition) is 6. The van der Waals surface area contributed by atoms with E-state index in [4.69, 9.17) is 15.2 Å². The molecule has 0 saturated heterocycles. The number of nitrogens with two attached hydrogens (primary N) is 1. The van der Waals surface area contributed by atoms with Crippen molar-refractivity contribution in [2.24, 2.45) is 5.73 Å². The van der Waals surface area contributed by atoms with Crippen molar-refractivity contribution in [2.45, 2.75) is 50.9 Å². The normalized spacial score (nSPS) is 19.2. The first kappa shape index (κ1) is 21.1. The number of benzene rings is 2. The van der Waals surface area contributed by atoms with Crippen molar-refractivity contribution in [1.82, 2.24) is 4.90 Å². The van der Waals surface area contributed by atoms with Gasteiger partial charge in [-0.2, -0.15) is 0 Å². The Morgan fingerprint density at radius 1 is 1.03 bits per heavy atom. The van der Waals surface area contributed by atoms with Crippen molar-refractivity contribution in [3.63, 3.8) is 0 Å².